The predicted molar refractivity (Wildman–Crippen MR) is 130 cm³/mol. The number of rotatable bonds is 9. The maximum Gasteiger partial charge on any atom is 0.573 e. The first-order chi connectivity index (χ1) is 18.1. The van der Waals surface area contributed by atoms with Gasteiger partial charge in [-0.15, -0.1) is 18.3 Å². The molecular weight excluding hydrogens is 510 g/mol. The molecular formula is C25H27F4N5O4. The molecule has 204 valence electrons. The molecule has 1 aliphatic rings. The average Bonchev–Trinajstić information content (AvgIpc) is 3.42. The standard InChI is InChI=1S/C25H27F4N5O4/c1-15-22(34(18-6-4-3-5-7-18)33-23(15)37-21-13-30-12-19(21)26)32-24(35)31-11-17-10-16(14-36-2)8-9-20(17)38-25(27,28)29/h3-10,19,21,30H,11-14H2,1-2H3,(H2,31,32,35)/t19-,21+/m1/s1. The molecule has 2 amide bonds. The van der Waals surface area contributed by atoms with E-state index in [0.29, 0.717) is 23.4 Å². The third-order valence-corrected chi connectivity index (χ3v) is 5.76. The molecule has 1 aliphatic heterocycles. The van der Waals surface area contributed by atoms with Crippen LogP contribution in [-0.2, 0) is 17.9 Å². The molecule has 2 atom stereocenters. The van der Waals surface area contributed by atoms with E-state index in [9.17, 15) is 22.4 Å². The maximum absolute atomic E-state index is 14.1. The summed E-state index contributed by atoms with van der Waals surface area (Å²) in [6.07, 6.45) is -6.85. The highest BCUT2D eigenvalue weighted by atomic mass is 19.4. The summed E-state index contributed by atoms with van der Waals surface area (Å²) in [6, 6.07) is 12.3. The number of alkyl halides is 4. The van der Waals surface area contributed by atoms with Crippen LogP contribution < -0.4 is 25.4 Å². The lowest BCUT2D eigenvalue weighted by atomic mass is 10.1. The maximum atomic E-state index is 14.1. The van der Waals surface area contributed by atoms with E-state index in [-0.39, 0.29) is 37.0 Å². The van der Waals surface area contributed by atoms with Crippen molar-refractivity contribution >= 4 is 11.8 Å². The lowest BCUT2D eigenvalue weighted by Crippen LogP contribution is -2.30. The van der Waals surface area contributed by atoms with Crippen molar-refractivity contribution in [3.63, 3.8) is 0 Å². The number of nitrogens with zero attached hydrogens (tertiary/aromatic N) is 2. The van der Waals surface area contributed by atoms with Gasteiger partial charge in [0.25, 0.3) is 0 Å². The molecule has 1 saturated heterocycles. The molecule has 0 unspecified atom stereocenters. The summed E-state index contributed by atoms with van der Waals surface area (Å²) < 4.78 is 69.2. The topological polar surface area (TPSA) is 98.7 Å². The fraction of sp³-hybridized carbons (Fsp3) is 0.360. The third-order valence-electron chi connectivity index (χ3n) is 5.76. The van der Waals surface area contributed by atoms with E-state index in [4.69, 9.17) is 9.47 Å². The quantitative estimate of drug-likeness (QED) is 0.354. The van der Waals surface area contributed by atoms with Crippen LogP contribution in [0.5, 0.6) is 11.6 Å². The van der Waals surface area contributed by atoms with E-state index in [1.54, 1.807) is 31.2 Å². The summed E-state index contributed by atoms with van der Waals surface area (Å²) in [7, 11) is 1.46. The highest BCUT2D eigenvalue weighted by Crippen LogP contribution is 2.31. The van der Waals surface area contributed by atoms with Crippen molar-refractivity contribution in [2.75, 3.05) is 25.5 Å². The van der Waals surface area contributed by atoms with Crippen molar-refractivity contribution in [3.05, 3.63) is 65.2 Å². The van der Waals surface area contributed by atoms with E-state index >= 15 is 0 Å². The molecule has 2 heterocycles. The van der Waals surface area contributed by atoms with Crippen LogP contribution in [0.15, 0.2) is 48.5 Å². The Kier molecular flexibility index (Phi) is 8.37. The number of nitrogens with one attached hydrogen (secondary N) is 3. The van der Waals surface area contributed by atoms with Crippen molar-refractivity contribution in [2.24, 2.45) is 0 Å². The minimum Gasteiger partial charge on any atom is -0.469 e. The highest BCUT2D eigenvalue weighted by Gasteiger charge is 2.33. The summed E-state index contributed by atoms with van der Waals surface area (Å²) >= 11 is 0. The van der Waals surface area contributed by atoms with Gasteiger partial charge in [-0.05, 0) is 36.8 Å². The first-order valence-electron chi connectivity index (χ1n) is 11.7. The summed E-state index contributed by atoms with van der Waals surface area (Å²) in [6.45, 7) is 2.04. The smallest absolute Gasteiger partial charge is 0.469 e. The second-order valence-electron chi connectivity index (χ2n) is 8.59. The number of aromatic nitrogens is 2. The van der Waals surface area contributed by atoms with Crippen LogP contribution in [0.2, 0.25) is 0 Å². The van der Waals surface area contributed by atoms with Gasteiger partial charge in [0.15, 0.2) is 6.17 Å². The first-order valence-corrected chi connectivity index (χ1v) is 11.7. The normalized spacial score (nSPS) is 17.3. The SMILES string of the molecule is COCc1ccc(OC(F)(F)F)c(CNC(=O)Nc2c(C)c(O[C@H]3CNC[C@H]3F)nn2-c2ccccc2)c1. The third kappa shape index (κ3) is 6.72. The van der Waals surface area contributed by atoms with Crippen LogP contribution in [0.3, 0.4) is 0 Å². The highest BCUT2D eigenvalue weighted by molar-refractivity contribution is 5.89. The lowest BCUT2D eigenvalue weighted by molar-refractivity contribution is -0.274. The number of anilines is 1. The number of urea groups is 1. The van der Waals surface area contributed by atoms with E-state index in [2.05, 4.69) is 25.8 Å². The van der Waals surface area contributed by atoms with Gasteiger partial charge in [-0.3, -0.25) is 5.32 Å². The summed E-state index contributed by atoms with van der Waals surface area (Å²) in [5.74, 6) is -0.0385. The van der Waals surface area contributed by atoms with Gasteiger partial charge in [0, 0.05) is 32.3 Å². The van der Waals surface area contributed by atoms with Gasteiger partial charge in [0.1, 0.15) is 17.7 Å². The minimum atomic E-state index is -4.90. The lowest BCUT2D eigenvalue weighted by Gasteiger charge is -2.16. The van der Waals surface area contributed by atoms with Crippen LogP contribution in [0, 0.1) is 6.92 Å². The van der Waals surface area contributed by atoms with Crippen molar-refractivity contribution in [1.29, 1.82) is 0 Å². The van der Waals surface area contributed by atoms with Crippen LogP contribution >= 0.6 is 0 Å². The second kappa shape index (κ2) is 11.7. The van der Waals surface area contributed by atoms with Gasteiger partial charge in [-0.25, -0.2) is 13.9 Å². The fourth-order valence-electron chi connectivity index (χ4n) is 3.95. The molecule has 1 aromatic heterocycles. The number of carbonyl (C=O) groups is 1. The van der Waals surface area contributed by atoms with Crippen molar-refractivity contribution in [1.82, 2.24) is 20.4 Å². The summed E-state index contributed by atoms with van der Waals surface area (Å²) in [5, 5.41) is 12.6. The Morgan fingerprint density at radius 3 is 2.61 bits per heavy atom. The number of halogens is 4. The van der Waals surface area contributed by atoms with E-state index in [1.807, 2.05) is 6.07 Å². The number of para-hydroxylation sites is 1. The molecule has 38 heavy (non-hydrogen) atoms. The second-order valence-corrected chi connectivity index (χ2v) is 8.59. The Labute approximate surface area is 216 Å². The minimum absolute atomic E-state index is 0.104. The van der Waals surface area contributed by atoms with Crippen molar-refractivity contribution in [3.8, 4) is 17.3 Å². The van der Waals surface area contributed by atoms with E-state index in [1.165, 1.54) is 30.0 Å². The summed E-state index contributed by atoms with van der Waals surface area (Å²) in [5.41, 5.74) is 1.76. The van der Waals surface area contributed by atoms with Gasteiger partial charge in [-0.2, -0.15) is 0 Å². The number of benzene rings is 2. The van der Waals surface area contributed by atoms with Crippen LogP contribution in [0.4, 0.5) is 28.2 Å². The van der Waals surface area contributed by atoms with Gasteiger partial charge < -0.3 is 24.8 Å². The number of carbonyl (C=O) groups excluding carboxylic acids is 1. The van der Waals surface area contributed by atoms with Crippen molar-refractivity contribution in [2.45, 2.75) is 38.7 Å². The van der Waals surface area contributed by atoms with Gasteiger partial charge in [-0.1, -0.05) is 24.3 Å². The zero-order valence-corrected chi connectivity index (χ0v) is 20.6. The van der Waals surface area contributed by atoms with Crippen molar-refractivity contribution < 1.29 is 36.6 Å². The number of methoxy groups -OCH3 is 1. The number of hydrogen-bond acceptors (Lipinski definition) is 6. The summed E-state index contributed by atoms with van der Waals surface area (Å²) in [4.78, 5) is 12.9. The van der Waals surface area contributed by atoms with Crippen LogP contribution in [-0.4, -0.2) is 54.6 Å². The van der Waals surface area contributed by atoms with E-state index in [0.717, 1.165) is 0 Å². The van der Waals surface area contributed by atoms with Gasteiger partial charge in [0.05, 0.1) is 17.9 Å². The Morgan fingerprint density at radius 1 is 1.18 bits per heavy atom. The molecule has 2 aromatic carbocycles. The molecule has 1 fully saturated rings. The number of hydrogen-bond donors (Lipinski definition) is 3. The van der Waals surface area contributed by atoms with Gasteiger partial charge in [0.2, 0.25) is 5.88 Å². The molecule has 13 heteroatoms. The molecule has 0 spiro atoms. The van der Waals surface area contributed by atoms with Crippen LogP contribution in [0.1, 0.15) is 16.7 Å². The molecule has 0 radical (unpaired) electrons. The van der Waals surface area contributed by atoms with Gasteiger partial charge >= 0.3 is 12.4 Å². The molecule has 0 aliphatic carbocycles. The Morgan fingerprint density at radius 2 is 1.95 bits per heavy atom. The molecule has 3 N–H and O–H groups in total. The number of amides is 2. The monoisotopic (exact) mass is 537 g/mol. The molecule has 3 aromatic rings. The zero-order chi connectivity index (χ0) is 27.3. The average molecular weight is 538 g/mol. The Balaban J connectivity index is 1.55. The Bertz CT molecular complexity index is 1250. The zero-order valence-electron chi connectivity index (χ0n) is 20.6. The molecule has 0 bridgehead atoms. The number of ether oxygens (including phenoxy) is 3. The predicted octanol–water partition coefficient (Wildman–Crippen LogP) is 4.24. The molecule has 4 rings (SSSR count). The largest absolute Gasteiger partial charge is 0.573 e. The fourth-order valence-corrected chi connectivity index (χ4v) is 3.95. The van der Waals surface area contributed by atoms with E-state index < -0.39 is 30.4 Å². The Hall–Kier alpha value is -3.84. The molecule has 9 nitrogen and oxygen atoms in total. The van der Waals surface area contributed by atoms with Crippen LogP contribution in [0.25, 0.3) is 5.69 Å². The molecule has 0 saturated carbocycles. The first kappa shape index (κ1) is 27.2.